The summed E-state index contributed by atoms with van der Waals surface area (Å²) in [6.07, 6.45) is 4.76. The Labute approximate surface area is 124 Å². The molecule has 0 amide bonds. The maximum atomic E-state index is 4.17. The van der Waals surface area contributed by atoms with Gasteiger partial charge in [0.05, 0.1) is 9.91 Å². The Morgan fingerprint density at radius 3 is 2.68 bits per heavy atom. The van der Waals surface area contributed by atoms with Gasteiger partial charge in [-0.15, -0.1) is 11.3 Å². The van der Waals surface area contributed by atoms with E-state index < -0.39 is 0 Å². The van der Waals surface area contributed by atoms with Gasteiger partial charge in [-0.3, -0.25) is 0 Å². The minimum absolute atomic E-state index is 0.809. The van der Waals surface area contributed by atoms with Crippen LogP contribution in [0.15, 0.2) is 35.2 Å². The lowest BCUT2D eigenvalue weighted by Gasteiger charge is -2.11. The van der Waals surface area contributed by atoms with Crippen LogP contribution < -0.4 is 5.32 Å². The van der Waals surface area contributed by atoms with Crippen LogP contribution in [0.3, 0.4) is 0 Å². The second-order valence-electron chi connectivity index (χ2n) is 4.96. The Morgan fingerprint density at radius 1 is 1.47 bits per heavy atom. The average Bonchev–Trinajstić information content (AvgIpc) is 3.11. The van der Waals surface area contributed by atoms with E-state index in [4.69, 9.17) is 0 Å². The molecule has 3 heteroatoms. The third-order valence-electron chi connectivity index (χ3n) is 3.09. The lowest BCUT2D eigenvalue weighted by Crippen LogP contribution is -2.07. The number of nitrogens with one attached hydrogen (secondary N) is 1. The molecule has 0 atom stereocenters. The van der Waals surface area contributed by atoms with Crippen molar-refractivity contribution in [3.63, 3.8) is 0 Å². The fourth-order valence-corrected chi connectivity index (χ4v) is 3.70. The quantitative estimate of drug-likeness (QED) is 0.729. The molecule has 1 aliphatic carbocycles. The Bertz CT molecular complexity index is 533. The van der Waals surface area contributed by atoms with E-state index in [1.54, 1.807) is 11.8 Å². The Balaban J connectivity index is 2.07. The molecule has 2 rings (SSSR count). The van der Waals surface area contributed by atoms with Gasteiger partial charge in [0, 0.05) is 10.6 Å². The molecule has 0 unspecified atom stereocenters. The van der Waals surface area contributed by atoms with Crippen molar-refractivity contribution in [1.29, 1.82) is 0 Å². The van der Waals surface area contributed by atoms with E-state index in [9.17, 15) is 0 Å². The SMILES string of the molecule is C=C(C)S/C(=C\C)NC(=C)c1cc(C2CC2)c(C)s1. The van der Waals surface area contributed by atoms with E-state index in [1.807, 2.05) is 25.2 Å². The summed E-state index contributed by atoms with van der Waals surface area (Å²) < 4.78 is 0. The molecule has 1 aromatic rings. The van der Waals surface area contributed by atoms with Gasteiger partial charge in [-0.25, -0.2) is 0 Å². The molecule has 1 N–H and O–H groups in total. The topological polar surface area (TPSA) is 12.0 Å². The van der Waals surface area contributed by atoms with Crippen LogP contribution in [-0.4, -0.2) is 0 Å². The summed E-state index contributed by atoms with van der Waals surface area (Å²) in [5, 5.41) is 4.49. The van der Waals surface area contributed by atoms with Crippen LogP contribution in [0.1, 0.15) is 47.9 Å². The molecule has 1 aromatic heterocycles. The average molecular weight is 291 g/mol. The molecule has 0 spiro atoms. The summed E-state index contributed by atoms with van der Waals surface area (Å²) in [4.78, 5) is 3.77. The zero-order valence-corrected chi connectivity index (χ0v) is 13.5. The smallest absolute Gasteiger partial charge is 0.0727 e. The van der Waals surface area contributed by atoms with Gasteiger partial charge in [0.25, 0.3) is 0 Å². The molecule has 0 aliphatic heterocycles. The molecule has 0 saturated heterocycles. The summed E-state index contributed by atoms with van der Waals surface area (Å²) in [7, 11) is 0. The first-order valence-electron chi connectivity index (χ1n) is 6.57. The predicted octanol–water partition coefficient (Wildman–Crippen LogP) is 5.62. The maximum absolute atomic E-state index is 4.17. The highest BCUT2D eigenvalue weighted by atomic mass is 32.2. The van der Waals surface area contributed by atoms with E-state index in [0.29, 0.717) is 0 Å². The van der Waals surface area contributed by atoms with Crippen molar-refractivity contribution >= 4 is 28.8 Å². The first-order valence-corrected chi connectivity index (χ1v) is 8.21. The van der Waals surface area contributed by atoms with E-state index in [0.717, 1.165) is 21.5 Å². The van der Waals surface area contributed by atoms with E-state index in [-0.39, 0.29) is 0 Å². The molecule has 1 aliphatic rings. The third-order valence-corrected chi connectivity index (χ3v) is 5.12. The molecular formula is C16H21NS2. The molecule has 102 valence electrons. The van der Waals surface area contributed by atoms with Crippen molar-refractivity contribution in [2.45, 2.75) is 39.5 Å². The first kappa shape index (κ1) is 14.5. The molecule has 0 radical (unpaired) electrons. The fourth-order valence-electron chi connectivity index (χ4n) is 2.00. The summed E-state index contributed by atoms with van der Waals surface area (Å²) in [5.41, 5.74) is 2.51. The molecule has 1 saturated carbocycles. The number of hydrogen-bond acceptors (Lipinski definition) is 3. The summed E-state index contributed by atoms with van der Waals surface area (Å²) in [6.45, 7) is 14.4. The van der Waals surface area contributed by atoms with Crippen LogP contribution in [0.25, 0.3) is 5.70 Å². The van der Waals surface area contributed by atoms with Gasteiger partial charge in [-0.05, 0) is 56.1 Å². The minimum Gasteiger partial charge on any atom is -0.350 e. The Hall–Kier alpha value is -0.930. The number of thiophene rings is 1. The molecule has 1 heterocycles. The van der Waals surface area contributed by atoms with Crippen LogP contribution >= 0.6 is 23.1 Å². The minimum atomic E-state index is 0.809. The molecule has 0 aromatic carbocycles. The fraction of sp³-hybridized carbons (Fsp3) is 0.375. The number of allylic oxidation sites excluding steroid dienone is 2. The summed E-state index contributed by atoms with van der Waals surface area (Å²) >= 11 is 3.49. The molecule has 19 heavy (non-hydrogen) atoms. The normalized spacial score (nSPS) is 15.4. The first-order chi connectivity index (χ1) is 9.01. The summed E-state index contributed by atoms with van der Waals surface area (Å²) in [5.74, 6) is 0.809. The van der Waals surface area contributed by atoms with E-state index in [2.05, 4.69) is 37.5 Å². The van der Waals surface area contributed by atoms with Gasteiger partial charge >= 0.3 is 0 Å². The molecular weight excluding hydrogens is 270 g/mol. The highest BCUT2D eigenvalue weighted by Gasteiger charge is 2.26. The molecule has 1 fully saturated rings. The number of rotatable bonds is 6. The van der Waals surface area contributed by atoms with Crippen molar-refractivity contribution in [3.05, 3.63) is 50.6 Å². The number of aryl methyl sites for hydroxylation is 1. The predicted molar refractivity (Wildman–Crippen MR) is 89.4 cm³/mol. The van der Waals surface area contributed by atoms with Crippen molar-refractivity contribution in [3.8, 4) is 0 Å². The van der Waals surface area contributed by atoms with Crippen LogP contribution in [0.5, 0.6) is 0 Å². The Kier molecular flexibility index (Phi) is 4.58. The van der Waals surface area contributed by atoms with E-state index >= 15 is 0 Å². The lowest BCUT2D eigenvalue weighted by atomic mass is 10.1. The highest BCUT2D eigenvalue weighted by molar-refractivity contribution is 8.06. The lowest BCUT2D eigenvalue weighted by molar-refractivity contribution is 1.12. The maximum Gasteiger partial charge on any atom is 0.0727 e. The summed E-state index contributed by atoms with van der Waals surface area (Å²) in [6, 6.07) is 2.31. The van der Waals surface area contributed by atoms with Gasteiger partial charge in [-0.2, -0.15) is 0 Å². The third kappa shape index (κ3) is 3.77. The number of hydrogen-bond donors (Lipinski definition) is 1. The van der Waals surface area contributed by atoms with Gasteiger partial charge in [0.15, 0.2) is 0 Å². The Morgan fingerprint density at radius 2 is 2.16 bits per heavy atom. The van der Waals surface area contributed by atoms with Crippen molar-refractivity contribution < 1.29 is 0 Å². The second-order valence-corrected chi connectivity index (χ2v) is 7.55. The highest BCUT2D eigenvalue weighted by Crippen LogP contribution is 2.44. The zero-order chi connectivity index (χ0) is 14.0. The monoisotopic (exact) mass is 291 g/mol. The zero-order valence-electron chi connectivity index (χ0n) is 11.9. The van der Waals surface area contributed by atoms with Crippen molar-refractivity contribution in [1.82, 2.24) is 5.32 Å². The van der Waals surface area contributed by atoms with E-state index in [1.165, 1.54) is 28.2 Å². The largest absolute Gasteiger partial charge is 0.350 e. The van der Waals surface area contributed by atoms with Crippen LogP contribution in [-0.2, 0) is 0 Å². The van der Waals surface area contributed by atoms with Gasteiger partial charge in [0.1, 0.15) is 0 Å². The van der Waals surface area contributed by atoms with Gasteiger partial charge < -0.3 is 5.32 Å². The van der Waals surface area contributed by atoms with Crippen molar-refractivity contribution in [2.24, 2.45) is 0 Å². The van der Waals surface area contributed by atoms with Gasteiger partial charge in [-0.1, -0.05) is 31.0 Å². The standard InChI is InChI=1S/C16H21NS2/c1-6-16(18-10(2)3)17-11(4)15-9-14(12(5)19-15)13-7-8-13/h6,9,13,17H,2,4,7-8H2,1,3,5H3/b16-6-. The van der Waals surface area contributed by atoms with Gasteiger partial charge in [0.2, 0.25) is 0 Å². The van der Waals surface area contributed by atoms with Crippen LogP contribution in [0.2, 0.25) is 0 Å². The van der Waals surface area contributed by atoms with Crippen molar-refractivity contribution in [2.75, 3.05) is 0 Å². The second kappa shape index (κ2) is 6.02. The van der Waals surface area contributed by atoms with Crippen LogP contribution in [0.4, 0.5) is 0 Å². The molecule has 1 nitrogen and oxygen atoms in total. The molecule has 0 bridgehead atoms. The van der Waals surface area contributed by atoms with Crippen LogP contribution in [0, 0.1) is 6.92 Å². The number of thioether (sulfide) groups is 1.